The first-order valence-corrected chi connectivity index (χ1v) is 13.3. The number of methoxy groups -OCH3 is 2. The first kappa shape index (κ1) is 28.9. The number of pyridine rings is 1. The molecule has 0 spiro atoms. The number of ether oxygens (including phenoxy) is 3. The first-order chi connectivity index (χ1) is 17.1. The summed E-state index contributed by atoms with van der Waals surface area (Å²) in [5.74, 6) is 0.695. The molecule has 0 saturated heterocycles. The van der Waals surface area contributed by atoms with Crippen LogP contribution in [0.2, 0.25) is 5.02 Å². The second kappa shape index (κ2) is 13.7. The maximum absolute atomic E-state index is 12.4. The number of rotatable bonds is 9. The van der Waals surface area contributed by atoms with E-state index in [1.165, 1.54) is 26.4 Å². The number of hydrogen-bond donors (Lipinski definition) is 2. The molecule has 1 aromatic heterocycles. The van der Waals surface area contributed by atoms with Gasteiger partial charge in [0.15, 0.2) is 11.5 Å². The molecule has 3 rings (SSSR count). The third-order valence-corrected chi connectivity index (χ3v) is 5.41. The molecule has 194 valence electrons. The van der Waals surface area contributed by atoms with Gasteiger partial charge in [-0.05, 0) is 55.6 Å². The Kier molecular flexibility index (Phi) is 11.0. The molecule has 0 atom stereocenters. The fraction of sp³-hybridized carbons (Fsp3) is 0.280. The van der Waals surface area contributed by atoms with E-state index in [4.69, 9.17) is 25.8 Å². The summed E-state index contributed by atoms with van der Waals surface area (Å²) < 4.78 is 41.6. The average molecular weight is 536 g/mol. The van der Waals surface area contributed by atoms with Gasteiger partial charge in [-0.2, -0.15) is 0 Å². The molecule has 0 fully saturated rings. The van der Waals surface area contributed by atoms with Gasteiger partial charge in [-0.1, -0.05) is 25.4 Å². The normalized spacial score (nSPS) is 10.6. The average Bonchev–Trinajstić information content (AvgIpc) is 2.85. The SMILES string of the molecule is CCNCC.COc1cc(Cl)ccc1Oc1ccc(C(=O)NS(C)(=O)=O)cc1-c1cccnc1OC. The molecule has 9 nitrogen and oxygen atoms in total. The minimum atomic E-state index is -3.73. The van der Waals surface area contributed by atoms with E-state index in [1.807, 2.05) is 4.72 Å². The van der Waals surface area contributed by atoms with E-state index >= 15 is 0 Å². The summed E-state index contributed by atoms with van der Waals surface area (Å²) in [6.07, 6.45) is 2.46. The third kappa shape index (κ3) is 8.40. The van der Waals surface area contributed by atoms with Crippen molar-refractivity contribution < 1.29 is 27.4 Å². The molecular weight excluding hydrogens is 506 g/mol. The van der Waals surface area contributed by atoms with Crippen LogP contribution in [0.5, 0.6) is 23.1 Å². The lowest BCUT2D eigenvalue weighted by Crippen LogP contribution is -2.29. The summed E-state index contributed by atoms with van der Waals surface area (Å²) in [5, 5.41) is 3.59. The van der Waals surface area contributed by atoms with Crippen LogP contribution >= 0.6 is 11.6 Å². The topological polar surface area (TPSA) is 116 Å². The van der Waals surface area contributed by atoms with Crippen molar-refractivity contribution >= 4 is 27.5 Å². The van der Waals surface area contributed by atoms with Gasteiger partial charge in [-0.25, -0.2) is 18.1 Å². The van der Waals surface area contributed by atoms with Crippen LogP contribution in [0.1, 0.15) is 24.2 Å². The Morgan fingerprint density at radius 1 is 0.944 bits per heavy atom. The molecule has 2 N–H and O–H groups in total. The van der Waals surface area contributed by atoms with Gasteiger partial charge in [-0.15, -0.1) is 0 Å². The number of amides is 1. The molecular formula is C25H30ClN3O6S. The number of halogens is 1. The third-order valence-electron chi connectivity index (χ3n) is 4.62. The summed E-state index contributed by atoms with van der Waals surface area (Å²) in [6, 6.07) is 12.8. The van der Waals surface area contributed by atoms with E-state index in [1.54, 1.807) is 42.6 Å². The van der Waals surface area contributed by atoms with Gasteiger partial charge >= 0.3 is 0 Å². The van der Waals surface area contributed by atoms with E-state index in [0.717, 1.165) is 19.3 Å². The van der Waals surface area contributed by atoms with Crippen LogP contribution < -0.4 is 24.2 Å². The number of sulfonamides is 1. The van der Waals surface area contributed by atoms with E-state index < -0.39 is 15.9 Å². The largest absolute Gasteiger partial charge is 0.493 e. The van der Waals surface area contributed by atoms with Gasteiger partial charge in [0.05, 0.1) is 20.5 Å². The lowest BCUT2D eigenvalue weighted by molar-refractivity contribution is 0.0981. The van der Waals surface area contributed by atoms with Gasteiger partial charge in [0, 0.05) is 34.0 Å². The highest BCUT2D eigenvalue weighted by Gasteiger charge is 2.19. The zero-order chi connectivity index (χ0) is 26.7. The molecule has 1 heterocycles. The van der Waals surface area contributed by atoms with Gasteiger partial charge in [-0.3, -0.25) is 4.79 Å². The molecule has 0 aliphatic carbocycles. The highest BCUT2D eigenvalue weighted by atomic mass is 35.5. The molecule has 0 radical (unpaired) electrons. The van der Waals surface area contributed by atoms with Crippen LogP contribution in [0.4, 0.5) is 0 Å². The molecule has 1 amide bonds. The standard InChI is InChI=1S/C21H19ClN2O6S.C4H11N/c1-28-19-12-14(22)7-9-18(19)30-17-8-6-13(20(25)24-31(3,26)27)11-16(17)15-5-4-10-23-21(15)29-2;1-3-5-4-2/h4-12H,1-3H3,(H,24,25);5H,3-4H2,1-2H3. The van der Waals surface area contributed by atoms with Gasteiger partial charge in [0.2, 0.25) is 15.9 Å². The van der Waals surface area contributed by atoms with Crippen LogP contribution in [0, 0.1) is 0 Å². The van der Waals surface area contributed by atoms with Crippen molar-refractivity contribution in [3.8, 4) is 34.3 Å². The molecule has 11 heteroatoms. The van der Waals surface area contributed by atoms with Crippen molar-refractivity contribution in [2.45, 2.75) is 13.8 Å². The number of carbonyl (C=O) groups excluding carboxylic acids is 1. The van der Waals surface area contributed by atoms with Gasteiger partial charge in [0.1, 0.15) is 5.75 Å². The number of nitrogens with one attached hydrogen (secondary N) is 2. The van der Waals surface area contributed by atoms with Crippen LogP contribution in [-0.2, 0) is 10.0 Å². The number of benzene rings is 2. The summed E-state index contributed by atoms with van der Waals surface area (Å²) in [6.45, 7) is 6.39. The summed E-state index contributed by atoms with van der Waals surface area (Å²) in [5.41, 5.74) is 1.12. The van der Waals surface area contributed by atoms with E-state index in [2.05, 4.69) is 24.1 Å². The fourth-order valence-corrected chi connectivity index (χ4v) is 3.67. The number of aromatic nitrogens is 1. The van der Waals surface area contributed by atoms with Gasteiger partial charge in [0.25, 0.3) is 5.91 Å². The number of nitrogens with zero attached hydrogens (tertiary/aromatic N) is 1. The number of carbonyl (C=O) groups is 1. The van der Waals surface area contributed by atoms with Crippen molar-refractivity contribution in [3.63, 3.8) is 0 Å². The monoisotopic (exact) mass is 535 g/mol. The minimum Gasteiger partial charge on any atom is -0.493 e. The van der Waals surface area contributed by atoms with E-state index in [-0.39, 0.29) is 5.56 Å². The Morgan fingerprint density at radius 3 is 2.22 bits per heavy atom. The van der Waals surface area contributed by atoms with Crippen molar-refractivity contribution in [2.24, 2.45) is 0 Å². The molecule has 0 aliphatic rings. The predicted molar refractivity (Wildman–Crippen MR) is 141 cm³/mol. The van der Waals surface area contributed by atoms with Crippen LogP contribution in [0.25, 0.3) is 11.1 Å². The lowest BCUT2D eigenvalue weighted by Gasteiger charge is -2.16. The fourth-order valence-electron chi connectivity index (χ4n) is 3.05. The first-order valence-electron chi connectivity index (χ1n) is 11.0. The maximum atomic E-state index is 12.4. The molecule has 3 aromatic rings. The second-order valence-electron chi connectivity index (χ2n) is 7.33. The Morgan fingerprint density at radius 2 is 1.64 bits per heavy atom. The maximum Gasteiger partial charge on any atom is 0.264 e. The molecule has 36 heavy (non-hydrogen) atoms. The minimum absolute atomic E-state index is 0.113. The molecule has 0 saturated carbocycles. The van der Waals surface area contributed by atoms with Crippen molar-refractivity contribution in [3.05, 3.63) is 65.3 Å². The van der Waals surface area contributed by atoms with Crippen molar-refractivity contribution in [1.29, 1.82) is 0 Å². The Labute approximate surface area is 216 Å². The van der Waals surface area contributed by atoms with E-state index in [9.17, 15) is 13.2 Å². The number of hydrogen-bond acceptors (Lipinski definition) is 8. The summed E-state index contributed by atoms with van der Waals surface area (Å²) in [7, 11) is -0.775. The van der Waals surface area contributed by atoms with Crippen molar-refractivity contribution in [2.75, 3.05) is 33.6 Å². The highest BCUT2D eigenvalue weighted by Crippen LogP contribution is 2.41. The van der Waals surface area contributed by atoms with Crippen LogP contribution in [-0.4, -0.2) is 52.9 Å². The zero-order valence-electron chi connectivity index (χ0n) is 20.8. The van der Waals surface area contributed by atoms with Crippen LogP contribution in [0.15, 0.2) is 54.7 Å². The molecule has 0 unspecified atom stereocenters. The molecule has 0 aliphatic heterocycles. The molecule has 0 bridgehead atoms. The summed E-state index contributed by atoms with van der Waals surface area (Å²) in [4.78, 5) is 16.6. The van der Waals surface area contributed by atoms with E-state index in [0.29, 0.717) is 39.3 Å². The quantitative estimate of drug-likeness (QED) is 0.411. The lowest BCUT2D eigenvalue weighted by atomic mass is 10.0. The second-order valence-corrected chi connectivity index (χ2v) is 9.51. The smallest absolute Gasteiger partial charge is 0.264 e. The van der Waals surface area contributed by atoms with Gasteiger partial charge < -0.3 is 19.5 Å². The van der Waals surface area contributed by atoms with Crippen molar-refractivity contribution in [1.82, 2.24) is 15.0 Å². The Hall–Kier alpha value is -3.34. The van der Waals surface area contributed by atoms with Crippen LogP contribution in [0.3, 0.4) is 0 Å². The molecule has 2 aromatic carbocycles. The Balaban J connectivity index is 0.000000830. The predicted octanol–water partition coefficient (Wildman–Crippen LogP) is 4.52. The summed E-state index contributed by atoms with van der Waals surface area (Å²) >= 11 is 6.02. The highest BCUT2D eigenvalue weighted by molar-refractivity contribution is 7.89. The Bertz CT molecular complexity index is 1280. The zero-order valence-corrected chi connectivity index (χ0v) is 22.4.